The zero-order valence-electron chi connectivity index (χ0n) is 10.1. The Morgan fingerprint density at radius 2 is 1.79 bits per heavy atom. The van der Waals surface area contributed by atoms with Gasteiger partial charge in [0.1, 0.15) is 5.75 Å². The minimum absolute atomic E-state index is 0.0615. The van der Waals surface area contributed by atoms with E-state index >= 15 is 0 Å². The van der Waals surface area contributed by atoms with Crippen molar-refractivity contribution in [2.24, 2.45) is 0 Å². The van der Waals surface area contributed by atoms with Crippen molar-refractivity contribution in [3.8, 4) is 5.75 Å². The number of rotatable bonds is 4. The smallest absolute Gasteiger partial charge is 0.304 e. The molecule has 3 nitrogen and oxygen atoms in total. The first-order chi connectivity index (χ1) is 9.09. The van der Waals surface area contributed by atoms with Crippen LogP contribution in [0.15, 0.2) is 53.0 Å². The van der Waals surface area contributed by atoms with Crippen LogP contribution >= 0.6 is 15.9 Å². The van der Waals surface area contributed by atoms with E-state index in [2.05, 4.69) is 15.9 Å². The molecule has 2 rings (SSSR count). The molecule has 2 N–H and O–H groups in total. The molecule has 1 atom stereocenters. The van der Waals surface area contributed by atoms with E-state index in [1.807, 2.05) is 30.3 Å². The van der Waals surface area contributed by atoms with Crippen LogP contribution in [0, 0.1) is 0 Å². The van der Waals surface area contributed by atoms with Gasteiger partial charge in [-0.25, -0.2) is 0 Å². The number of hydrogen-bond donors (Lipinski definition) is 2. The number of aromatic hydroxyl groups is 1. The fourth-order valence-corrected chi connectivity index (χ4v) is 2.46. The summed E-state index contributed by atoms with van der Waals surface area (Å²) in [7, 11) is 0. The summed E-state index contributed by atoms with van der Waals surface area (Å²) in [5.74, 6) is -1.16. The molecule has 0 aliphatic heterocycles. The summed E-state index contributed by atoms with van der Waals surface area (Å²) in [5.41, 5.74) is 1.49. The summed E-state index contributed by atoms with van der Waals surface area (Å²) in [6, 6.07) is 14.6. The Balaban J connectivity index is 2.49. The Morgan fingerprint density at radius 1 is 1.11 bits per heavy atom. The van der Waals surface area contributed by atoms with Crippen LogP contribution in [0.5, 0.6) is 5.75 Å². The SMILES string of the molecule is O=C(O)CC(c1ccccc1)c1cccc(Br)c1O. The maximum atomic E-state index is 11.1. The highest BCUT2D eigenvalue weighted by Gasteiger charge is 2.21. The van der Waals surface area contributed by atoms with Gasteiger partial charge in [0.25, 0.3) is 0 Å². The average Bonchev–Trinajstić information content (AvgIpc) is 2.40. The first-order valence-electron chi connectivity index (χ1n) is 5.83. The number of halogens is 1. The Bertz CT molecular complexity index is 581. The van der Waals surface area contributed by atoms with Gasteiger partial charge in [0.05, 0.1) is 10.9 Å². The van der Waals surface area contributed by atoms with Crippen molar-refractivity contribution in [1.82, 2.24) is 0 Å². The highest BCUT2D eigenvalue weighted by Crippen LogP contribution is 2.37. The lowest BCUT2D eigenvalue weighted by molar-refractivity contribution is -0.137. The van der Waals surface area contributed by atoms with Gasteiger partial charge in [0, 0.05) is 11.5 Å². The van der Waals surface area contributed by atoms with Crippen LogP contribution in [0.4, 0.5) is 0 Å². The van der Waals surface area contributed by atoms with Crippen LogP contribution in [-0.4, -0.2) is 16.2 Å². The van der Waals surface area contributed by atoms with Crippen LogP contribution in [0.3, 0.4) is 0 Å². The van der Waals surface area contributed by atoms with Gasteiger partial charge < -0.3 is 10.2 Å². The molecule has 0 saturated heterocycles. The van der Waals surface area contributed by atoms with Crippen LogP contribution in [0.1, 0.15) is 23.5 Å². The predicted molar refractivity (Wildman–Crippen MR) is 76.3 cm³/mol. The van der Waals surface area contributed by atoms with E-state index in [0.717, 1.165) is 5.56 Å². The summed E-state index contributed by atoms with van der Waals surface area (Å²) in [6.45, 7) is 0. The predicted octanol–water partition coefficient (Wildman–Crippen LogP) is 3.76. The number of carbonyl (C=O) groups is 1. The topological polar surface area (TPSA) is 57.5 Å². The van der Waals surface area contributed by atoms with Crippen LogP contribution in [0.2, 0.25) is 0 Å². The summed E-state index contributed by atoms with van der Waals surface area (Å²) in [6.07, 6.45) is -0.0615. The third kappa shape index (κ3) is 3.15. The molecule has 0 spiro atoms. The molecular weight excluding hydrogens is 308 g/mol. The largest absolute Gasteiger partial charge is 0.506 e. The molecule has 2 aromatic rings. The Morgan fingerprint density at radius 3 is 2.42 bits per heavy atom. The Kier molecular flexibility index (Phi) is 4.22. The number of aliphatic carboxylic acids is 1. The van der Waals surface area contributed by atoms with Crippen molar-refractivity contribution in [3.05, 3.63) is 64.1 Å². The van der Waals surface area contributed by atoms with Crippen LogP contribution in [0.25, 0.3) is 0 Å². The summed E-state index contributed by atoms with van der Waals surface area (Å²) in [5, 5.41) is 19.2. The molecule has 19 heavy (non-hydrogen) atoms. The van der Waals surface area contributed by atoms with E-state index < -0.39 is 5.97 Å². The minimum Gasteiger partial charge on any atom is -0.506 e. The lowest BCUT2D eigenvalue weighted by Gasteiger charge is -2.17. The normalized spacial score (nSPS) is 12.1. The van der Waals surface area contributed by atoms with Crippen molar-refractivity contribution in [2.45, 2.75) is 12.3 Å². The number of hydrogen-bond acceptors (Lipinski definition) is 2. The summed E-state index contributed by atoms with van der Waals surface area (Å²) >= 11 is 3.26. The summed E-state index contributed by atoms with van der Waals surface area (Å²) < 4.78 is 0.566. The fraction of sp³-hybridized carbons (Fsp3) is 0.133. The van der Waals surface area contributed by atoms with E-state index in [1.54, 1.807) is 18.2 Å². The van der Waals surface area contributed by atoms with Crippen molar-refractivity contribution >= 4 is 21.9 Å². The van der Waals surface area contributed by atoms with Crippen molar-refractivity contribution < 1.29 is 15.0 Å². The van der Waals surface area contributed by atoms with Gasteiger partial charge in [-0.15, -0.1) is 0 Å². The lowest BCUT2D eigenvalue weighted by atomic mass is 9.88. The van der Waals surface area contributed by atoms with Gasteiger partial charge in [-0.1, -0.05) is 42.5 Å². The molecule has 0 aliphatic carbocycles. The number of phenolic OH excluding ortho intramolecular Hbond substituents is 1. The second-order valence-electron chi connectivity index (χ2n) is 4.24. The monoisotopic (exact) mass is 320 g/mol. The van der Waals surface area contributed by atoms with E-state index in [1.165, 1.54) is 0 Å². The van der Waals surface area contributed by atoms with Gasteiger partial charge >= 0.3 is 5.97 Å². The average molecular weight is 321 g/mol. The maximum Gasteiger partial charge on any atom is 0.304 e. The minimum atomic E-state index is -0.895. The number of phenols is 1. The Hall–Kier alpha value is -1.81. The first-order valence-corrected chi connectivity index (χ1v) is 6.63. The second-order valence-corrected chi connectivity index (χ2v) is 5.09. The van der Waals surface area contributed by atoms with Crippen molar-refractivity contribution in [2.75, 3.05) is 0 Å². The van der Waals surface area contributed by atoms with Gasteiger partial charge in [0.15, 0.2) is 0 Å². The summed E-state index contributed by atoms with van der Waals surface area (Å²) in [4.78, 5) is 11.1. The quantitative estimate of drug-likeness (QED) is 0.901. The second kappa shape index (κ2) is 5.89. The molecule has 0 bridgehead atoms. The van der Waals surface area contributed by atoms with Crippen LogP contribution < -0.4 is 0 Å². The highest BCUT2D eigenvalue weighted by molar-refractivity contribution is 9.10. The molecule has 4 heteroatoms. The molecule has 0 amide bonds. The lowest BCUT2D eigenvalue weighted by Crippen LogP contribution is -2.08. The molecule has 0 fully saturated rings. The van der Waals surface area contributed by atoms with Crippen LogP contribution in [-0.2, 0) is 4.79 Å². The molecule has 98 valence electrons. The van der Waals surface area contributed by atoms with E-state index in [-0.39, 0.29) is 18.1 Å². The Labute approximate surface area is 119 Å². The molecule has 0 aromatic heterocycles. The van der Waals surface area contributed by atoms with Gasteiger partial charge in [-0.2, -0.15) is 0 Å². The van der Waals surface area contributed by atoms with Crippen molar-refractivity contribution in [3.63, 3.8) is 0 Å². The molecule has 0 saturated carbocycles. The molecule has 2 aromatic carbocycles. The maximum absolute atomic E-state index is 11.1. The third-order valence-corrected chi connectivity index (χ3v) is 3.61. The number of para-hydroxylation sites is 1. The van der Waals surface area contributed by atoms with E-state index in [9.17, 15) is 9.90 Å². The zero-order valence-corrected chi connectivity index (χ0v) is 11.7. The van der Waals surface area contributed by atoms with Gasteiger partial charge in [-0.3, -0.25) is 4.79 Å². The molecular formula is C15H13BrO3. The van der Waals surface area contributed by atoms with E-state index in [4.69, 9.17) is 5.11 Å². The van der Waals surface area contributed by atoms with Gasteiger partial charge in [0.2, 0.25) is 0 Å². The van der Waals surface area contributed by atoms with E-state index in [0.29, 0.717) is 10.0 Å². The molecule has 0 heterocycles. The fourth-order valence-electron chi connectivity index (χ4n) is 2.08. The highest BCUT2D eigenvalue weighted by atomic mass is 79.9. The zero-order chi connectivity index (χ0) is 13.8. The molecule has 0 aliphatic rings. The number of carboxylic acid groups (broad SMARTS) is 1. The van der Waals surface area contributed by atoms with Gasteiger partial charge in [-0.05, 0) is 27.6 Å². The number of benzene rings is 2. The molecule has 0 radical (unpaired) electrons. The number of carboxylic acids is 1. The third-order valence-electron chi connectivity index (χ3n) is 2.97. The van der Waals surface area contributed by atoms with Crippen molar-refractivity contribution in [1.29, 1.82) is 0 Å². The first kappa shape index (κ1) is 13.6. The standard InChI is InChI=1S/C15H13BrO3/c16-13-8-4-7-11(15(13)19)12(9-14(17)18)10-5-2-1-3-6-10/h1-8,12,19H,9H2,(H,17,18). The molecule has 1 unspecified atom stereocenters.